The number of hydrogen-bond acceptors (Lipinski definition) is 6. The number of sulfonamides is 1. The molecule has 0 saturated carbocycles. The number of halogens is 2. The zero-order chi connectivity index (χ0) is 19.9. The van der Waals surface area contributed by atoms with Crippen LogP contribution < -0.4 is 5.56 Å². The van der Waals surface area contributed by atoms with Gasteiger partial charge in [0.25, 0.3) is 15.6 Å². The fourth-order valence-electron chi connectivity index (χ4n) is 3.14. The number of thiophene rings is 1. The van der Waals surface area contributed by atoms with Crippen LogP contribution in [0, 0.1) is 0 Å². The lowest BCUT2D eigenvalue weighted by molar-refractivity contribution is 0.178. The molecule has 1 N–H and O–H groups in total. The minimum Gasteiger partial charge on any atom is -0.309 e. The summed E-state index contributed by atoms with van der Waals surface area (Å²) in [5.41, 5.74) is 0.328. The van der Waals surface area contributed by atoms with E-state index in [1.807, 2.05) is 0 Å². The third kappa shape index (κ3) is 3.96. The number of benzene rings is 1. The fourth-order valence-corrected chi connectivity index (χ4v) is 6.36. The molecule has 1 saturated heterocycles. The van der Waals surface area contributed by atoms with Gasteiger partial charge in [0.15, 0.2) is 0 Å². The van der Waals surface area contributed by atoms with Crippen LogP contribution in [0.1, 0.15) is 5.82 Å². The van der Waals surface area contributed by atoms with Crippen molar-refractivity contribution in [3.63, 3.8) is 0 Å². The Bertz CT molecular complexity index is 1180. The van der Waals surface area contributed by atoms with Crippen LogP contribution in [0.4, 0.5) is 0 Å². The maximum Gasteiger partial charge on any atom is 0.258 e. The largest absolute Gasteiger partial charge is 0.309 e. The van der Waals surface area contributed by atoms with Gasteiger partial charge in [-0.3, -0.25) is 9.69 Å². The third-order valence-electron chi connectivity index (χ3n) is 4.56. The quantitative estimate of drug-likeness (QED) is 0.649. The summed E-state index contributed by atoms with van der Waals surface area (Å²) < 4.78 is 27.5. The van der Waals surface area contributed by atoms with E-state index < -0.39 is 10.0 Å². The lowest BCUT2D eigenvalue weighted by Crippen LogP contribution is -2.48. The molecule has 3 aromatic rings. The third-order valence-corrected chi connectivity index (χ3v) is 8.40. The molecule has 7 nitrogen and oxygen atoms in total. The Morgan fingerprint density at radius 3 is 2.54 bits per heavy atom. The van der Waals surface area contributed by atoms with E-state index in [0.29, 0.717) is 58.8 Å². The Hall–Kier alpha value is -1.49. The van der Waals surface area contributed by atoms with Crippen molar-refractivity contribution in [2.75, 3.05) is 26.2 Å². The van der Waals surface area contributed by atoms with Gasteiger partial charge in [-0.2, -0.15) is 4.31 Å². The Balaban J connectivity index is 1.46. The second-order valence-electron chi connectivity index (χ2n) is 6.41. The van der Waals surface area contributed by atoms with Crippen LogP contribution in [-0.2, 0) is 16.6 Å². The molecule has 1 aliphatic rings. The molecule has 0 spiro atoms. The maximum absolute atomic E-state index is 12.7. The first-order valence-electron chi connectivity index (χ1n) is 8.49. The molecule has 1 aromatic carbocycles. The van der Waals surface area contributed by atoms with Crippen molar-refractivity contribution >= 4 is 55.5 Å². The summed E-state index contributed by atoms with van der Waals surface area (Å²) in [7, 11) is -3.53. The SMILES string of the molecule is O=c1[nH]c(CN2CCN(S(=O)(=O)c3ccc(Cl)s3)CC2)nc2cc(Cl)ccc12. The maximum atomic E-state index is 12.7. The van der Waals surface area contributed by atoms with Gasteiger partial charge in [-0.05, 0) is 30.3 Å². The number of aromatic amines is 1. The first kappa shape index (κ1) is 19.8. The van der Waals surface area contributed by atoms with Crippen LogP contribution >= 0.6 is 34.5 Å². The normalized spacial score (nSPS) is 16.6. The number of nitrogens with one attached hydrogen (secondary N) is 1. The average Bonchev–Trinajstić information content (AvgIpc) is 3.09. The minimum absolute atomic E-state index is 0.215. The highest BCUT2D eigenvalue weighted by Gasteiger charge is 2.29. The molecule has 0 aliphatic carbocycles. The molecule has 1 fully saturated rings. The van der Waals surface area contributed by atoms with Crippen LogP contribution in [0.2, 0.25) is 9.36 Å². The molecular formula is C17H16Cl2N4O3S2. The molecule has 0 amide bonds. The van der Waals surface area contributed by atoms with Gasteiger partial charge in [-0.1, -0.05) is 23.2 Å². The molecule has 0 atom stereocenters. The van der Waals surface area contributed by atoms with Gasteiger partial charge in [0, 0.05) is 31.2 Å². The summed E-state index contributed by atoms with van der Waals surface area (Å²) in [6.07, 6.45) is 0. The van der Waals surface area contributed by atoms with E-state index >= 15 is 0 Å². The molecule has 1 aliphatic heterocycles. The van der Waals surface area contributed by atoms with E-state index in [2.05, 4.69) is 14.9 Å². The Labute approximate surface area is 175 Å². The molecule has 0 unspecified atom stereocenters. The van der Waals surface area contributed by atoms with E-state index in [9.17, 15) is 13.2 Å². The van der Waals surface area contributed by atoms with Crippen molar-refractivity contribution in [2.45, 2.75) is 10.8 Å². The number of rotatable bonds is 4. The molecule has 0 radical (unpaired) electrons. The number of nitrogens with zero attached hydrogens (tertiary/aromatic N) is 3. The van der Waals surface area contributed by atoms with Gasteiger partial charge < -0.3 is 4.98 Å². The summed E-state index contributed by atoms with van der Waals surface area (Å²) in [5.74, 6) is 0.529. The van der Waals surface area contributed by atoms with Gasteiger partial charge in [0.1, 0.15) is 10.0 Å². The Morgan fingerprint density at radius 2 is 1.86 bits per heavy atom. The predicted molar refractivity (Wildman–Crippen MR) is 111 cm³/mol. The number of hydrogen-bond donors (Lipinski definition) is 1. The minimum atomic E-state index is -3.53. The van der Waals surface area contributed by atoms with Gasteiger partial charge in [-0.25, -0.2) is 13.4 Å². The molecule has 3 heterocycles. The standard InChI is InChI=1S/C17H16Cl2N4O3S2/c18-11-1-2-12-13(9-11)20-15(21-17(12)24)10-22-5-7-23(8-6-22)28(25,26)16-4-3-14(19)27-16/h1-4,9H,5-8,10H2,(H,20,21,24). The highest BCUT2D eigenvalue weighted by molar-refractivity contribution is 7.91. The lowest BCUT2D eigenvalue weighted by atomic mass is 10.2. The molecule has 2 aromatic heterocycles. The second-order valence-corrected chi connectivity index (χ2v) is 10.7. The van der Waals surface area contributed by atoms with Crippen molar-refractivity contribution in [3.8, 4) is 0 Å². The summed E-state index contributed by atoms with van der Waals surface area (Å²) >= 11 is 12.9. The molecule has 0 bridgehead atoms. The summed E-state index contributed by atoms with van der Waals surface area (Å²) in [6, 6.07) is 8.08. The van der Waals surface area contributed by atoms with Crippen LogP contribution in [0.15, 0.2) is 39.3 Å². The van der Waals surface area contributed by atoms with E-state index in [0.717, 1.165) is 11.3 Å². The molecule has 4 rings (SSSR count). The van der Waals surface area contributed by atoms with Gasteiger partial charge >= 0.3 is 0 Å². The van der Waals surface area contributed by atoms with Crippen molar-refractivity contribution in [3.05, 3.63) is 55.9 Å². The van der Waals surface area contributed by atoms with E-state index in [4.69, 9.17) is 23.2 Å². The summed E-state index contributed by atoms with van der Waals surface area (Å²) in [4.78, 5) is 21.6. The van der Waals surface area contributed by atoms with Gasteiger partial charge in [0.05, 0.1) is 21.8 Å². The Morgan fingerprint density at radius 1 is 1.11 bits per heavy atom. The molecule has 11 heteroatoms. The molecular weight excluding hydrogens is 443 g/mol. The van der Waals surface area contributed by atoms with Crippen molar-refractivity contribution in [1.29, 1.82) is 0 Å². The highest BCUT2D eigenvalue weighted by atomic mass is 35.5. The zero-order valence-electron chi connectivity index (χ0n) is 14.6. The van der Waals surface area contributed by atoms with Gasteiger partial charge in [-0.15, -0.1) is 11.3 Å². The first-order valence-corrected chi connectivity index (χ1v) is 11.5. The number of piperazine rings is 1. The molecule has 28 heavy (non-hydrogen) atoms. The highest BCUT2D eigenvalue weighted by Crippen LogP contribution is 2.28. The van der Waals surface area contributed by atoms with Crippen LogP contribution in [0.25, 0.3) is 10.9 Å². The average molecular weight is 459 g/mol. The Kier molecular flexibility index (Phi) is 5.47. The molecule has 148 valence electrons. The zero-order valence-corrected chi connectivity index (χ0v) is 17.7. The smallest absolute Gasteiger partial charge is 0.258 e. The first-order chi connectivity index (χ1) is 13.3. The number of H-pyrrole nitrogens is 1. The van der Waals surface area contributed by atoms with Crippen molar-refractivity contribution < 1.29 is 8.42 Å². The lowest BCUT2D eigenvalue weighted by Gasteiger charge is -2.33. The fraction of sp³-hybridized carbons (Fsp3) is 0.294. The second kappa shape index (κ2) is 7.74. The summed E-state index contributed by atoms with van der Waals surface area (Å²) in [6.45, 7) is 2.23. The van der Waals surface area contributed by atoms with E-state index in [1.54, 1.807) is 24.3 Å². The topological polar surface area (TPSA) is 86.4 Å². The van der Waals surface area contributed by atoms with Gasteiger partial charge in [0.2, 0.25) is 0 Å². The van der Waals surface area contributed by atoms with Crippen molar-refractivity contribution in [1.82, 2.24) is 19.2 Å². The monoisotopic (exact) mass is 458 g/mol. The van der Waals surface area contributed by atoms with Crippen LogP contribution in [-0.4, -0.2) is 53.8 Å². The summed E-state index contributed by atoms with van der Waals surface area (Å²) in [5, 5.41) is 1.00. The predicted octanol–water partition coefficient (Wildman–Crippen LogP) is 2.80. The van der Waals surface area contributed by atoms with Crippen LogP contribution in [0.3, 0.4) is 0 Å². The van der Waals surface area contributed by atoms with E-state index in [1.165, 1.54) is 10.4 Å². The van der Waals surface area contributed by atoms with Crippen molar-refractivity contribution in [2.24, 2.45) is 0 Å². The van der Waals surface area contributed by atoms with Crippen LogP contribution in [0.5, 0.6) is 0 Å². The number of fused-ring (bicyclic) bond motifs is 1. The number of aromatic nitrogens is 2. The van der Waals surface area contributed by atoms with E-state index in [-0.39, 0.29) is 9.77 Å².